The van der Waals surface area contributed by atoms with Crippen molar-refractivity contribution < 1.29 is 19.5 Å². The summed E-state index contributed by atoms with van der Waals surface area (Å²) in [7, 11) is 0. The van der Waals surface area contributed by atoms with Crippen LogP contribution in [0.1, 0.15) is 12.5 Å². The van der Waals surface area contributed by atoms with Gasteiger partial charge in [-0.05, 0) is 42.5 Å². The highest BCUT2D eigenvalue weighted by Crippen LogP contribution is 2.33. The topological polar surface area (TPSA) is 74.7 Å². The van der Waals surface area contributed by atoms with Gasteiger partial charge in [0.15, 0.2) is 0 Å². The second-order valence-electron chi connectivity index (χ2n) is 4.12. The molecular weight excluding hydrogens is 302 g/mol. The maximum Gasteiger partial charge on any atom is 0.326 e. The maximum absolute atomic E-state index is 12.1. The zero-order chi connectivity index (χ0) is 14.9. The van der Waals surface area contributed by atoms with Crippen LogP contribution < -0.4 is 0 Å². The van der Waals surface area contributed by atoms with Crippen molar-refractivity contribution in [2.24, 2.45) is 0 Å². The van der Waals surface area contributed by atoms with Gasteiger partial charge in [0.25, 0.3) is 11.1 Å². The number of amides is 2. The number of carbonyl (C=O) groups is 3. The molecule has 0 saturated carbocycles. The average Bonchev–Trinajstić information content (AvgIpc) is 2.66. The van der Waals surface area contributed by atoms with E-state index < -0.39 is 23.2 Å². The summed E-state index contributed by atoms with van der Waals surface area (Å²) in [6, 6.07) is 5.56. The highest BCUT2D eigenvalue weighted by Gasteiger charge is 2.40. The molecule has 5 nitrogen and oxygen atoms in total. The molecule has 2 rings (SSSR count). The van der Waals surface area contributed by atoms with Crippen LogP contribution in [0.15, 0.2) is 29.2 Å². The number of carbonyl (C=O) groups excluding carboxylic acids is 2. The molecular formula is C13H10ClNO4S. The predicted octanol–water partition coefficient (Wildman–Crippen LogP) is 2.85. The number of halogens is 1. The first-order chi connectivity index (χ1) is 9.40. The van der Waals surface area contributed by atoms with Crippen LogP contribution >= 0.6 is 23.4 Å². The Morgan fingerprint density at radius 2 is 1.95 bits per heavy atom. The molecule has 1 N–H and O–H groups in total. The molecule has 0 spiro atoms. The van der Waals surface area contributed by atoms with E-state index >= 15 is 0 Å². The molecule has 0 bridgehead atoms. The summed E-state index contributed by atoms with van der Waals surface area (Å²) in [6.45, 7) is 1.30. The van der Waals surface area contributed by atoms with Crippen molar-refractivity contribution >= 4 is 46.6 Å². The van der Waals surface area contributed by atoms with Crippen molar-refractivity contribution in [2.45, 2.75) is 13.0 Å². The van der Waals surface area contributed by atoms with Crippen molar-refractivity contribution in [3.05, 3.63) is 39.8 Å². The molecule has 104 valence electrons. The summed E-state index contributed by atoms with van der Waals surface area (Å²) in [5.41, 5.74) is 0.711. The molecule has 2 amide bonds. The Kier molecular flexibility index (Phi) is 4.15. The number of hydrogen-bond donors (Lipinski definition) is 1. The molecule has 7 heteroatoms. The van der Waals surface area contributed by atoms with Crippen LogP contribution in [0.5, 0.6) is 0 Å². The Balaban J connectivity index is 2.28. The third-order valence-electron chi connectivity index (χ3n) is 2.74. The maximum atomic E-state index is 12.1. The zero-order valence-electron chi connectivity index (χ0n) is 10.4. The fraction of sp³-hybridized carbons (Fsp3) is 0.154. The standard InChI is InChI=1S/C13H10ClNO4S/c1-7(12(17)18)15-11(16)10(20-13(15)19)6-8-2-4-9(14)5-3-8/h2-7H,1H3,(H,17,18)/b10-6-/t7-/m1/s1. The number of aliphatic carboxylic acids is 1. The summed E-state index contributed by atoms with van der Waals surface area (Å²) in [6.07, 6.45) is 1.54. The van der Waals surface area contributed by atoms with Gasteiger partial charge in [-0.3, -0.25) is 14.5 Å². The van der Waals surface area contributed by atoms with Gasteiger partial charge in [0.05, 0.1) is 4.91 Å². The molecule has 20 heavy (non-hydrogen) atoms. The number of benzene rings is 1. The minimum absolute atomic E-state index is 0.199. The highest BCUT2D eigenvalue weighted by molar-refractivity contribution is 8.18. The molecule has 1 saturated heterocycles. The van der Waals surface area contributed by atoms with Crippen LogP contribution in [-0.2, 0) is 9.59 Å². The van der Waals surface area contributed by atoms with Gasteiger partial charge >= 0.3 is 5.97 Å². The average molecular weight is 312 g/mol. The Labute approximate surface area is 124 Å². The van der Waals surface area contributed by atoms with Crippen molar-refractivity contribution in [1.82, 2.24) is 4.90 Å². The SMILES string of the molecule is C[C@H](C(=O)O)N1C(=O)S/C(=C\c2ccc(Cl)cc2)C1=O. The smallest absolute Gasteiger partial charge is 0.326 e. The molecule has 1 aromatic carbocycles. The van der Waals surface area contributed by atoms with Gasteiger partial charge < -0.3 is 5.11 Å². The lowest BCUT2D eigenvalue weighted by atomic mass is 10.2. The van der Waals surface area contributed by atoms with Gasteiger partial charge in [0.2, 0.25) is 0 Å². The van der Waals surface area contributed by atoms with E-state index in [1.54, 1.807) is 24.3 Å². The Morgan fingerprint density at radius 3 is 2.50 bits per heavy atom. The van der Waals surface area contributed by atoms with Crippen LogP contribution in [0.25, 0.3) is 6.08 Å². The Morgan fingerprint density at radius 1 is 1.35 bits per heavy atom. The third-order valence-corrected chi connectivity index (χ3v) is 3.87. The second-order valence-corrected chi connectivity index (χ2v) is 5.55. The minimum atomic E-state index is -1.22. The lowest BCUT2D eigenvalue weighted by Crippen LogP contribution is -2.41. The number of carboxylic acid groups (broad SMARTS) is 1. The van der Waals surface area contributed by atoms with Gasteiger partial charge in [-0.25, -0.2) is 4.79 Å². The van der Waals surface area contributed by atoms with E-state index in [4.69, 9.17) is 16.7 Å². The molecule has 1 aliphatic rings. The lowest BCUT2D eigenvalue weighted by molar-refractivity contribution is -0.145. The highest BCUT2D eigenvalue weighted by atomic mass is 35.5. The molecule has 1 fully saturated rings. The summed E-state index contributed by atoms with van der Waals surface area (Å²) < 4.78 is 0. The summed E-state index contributed by atoms with van der Waals surface area (Å²) in [4.78, 5) is 35.6. The molecule has 0 aromatic heterocycles. The quantitative estimate of drug-likeness (QED) is 0.869. The van der Waals surface area contributed by atoms with Crippen molar-refractivity contribution in [3.63, 3.8) is 0 Å². The third kappa shape index (κ3) is 2.86. The van der Waals surface area contributed by atoms with E-state index in [0.29, 0.717) is 10.6 Å². The van der Waals surface area contributed by atoms with Gasteiger partial charge in [-0.1, -0.05) is 23.7 Å². The van der Waals surface area contributed by atoms with Crippen molar-refractivity contribution in [3.8, 4) is 0 Å². The normalized spacial score (nSPS) is 18.7. The van der Waals surface area contributed by atoms with Gasteiger partial charge in [-0.15, -0.1) is 0 Å². The number of imide groups is 1. The monoisotopic (exact) mass is 311 g/mol. The number of nitrogens with zero attached hydrogens (tertiary/aromatic N) is 1. The van der Waals surface area contributed by atoms with E-state index in [1.807, 2.05) is 0 Å². The number of thioether (sulfide) groups is 1. The van der Waals surface area contributed by atoms with E-state index in [9.17, 15) is 14.4 Å². The molecule has 1 aromatic rings. The Hall–Kier alpha value is -1.79. The molecule has 1 atom stereocenters. The Bertz CT molecular complexity index is 611. The molecule has 0 unspecified atom stereocenters. The summed E-state index contributed by atoms with van der Waals surface area (Å²) in [5.74, 6) is -1.81. The summed E-state index contributed by atoms with van der Waals surface area (Å²) >= 11 is 6.49. The van der Waals surface area contributed by atoms with Gasteiger partial charge in [-0.2, -0.15) is 0 Å². The van der Waals surface area contributed by atoms with Crippen LogP contribution in [0, 0.1) is 0 Å². The fourth-order valence-electron chi connectivity index (χ4n) is 1.63. The molecule has 0 radical (unpaired) electrons. The van der Waals surface area contributed by atoms with Crippen molar-refractivity contribution in [1.29, 1.82) is 0 Å². The van der Waals surface area contributed by atoms with E-state index in [-0.39, 0.29) is 4.91 Å². The fourth-order valence-corrected chi connectivity index (χ4v) is 2.67. The molecule has 1 aliphatic heterocycles. The second kappa shape index (κ2) is 5.68. The summed E-state index contributed by atoms with van der Waals surface area (Å²) in [5, 5.41) is 8.88. The van der Waals surface area contributed by atoms with Crippen LogP contribution in [-0.4, -0.2) is 33.2 Å². The number of carboxylic acids is 1. The van der Waals surface area contributed by atoms with Gasteiger partial charge in [0, 0.05) is 5.02 Å². The van der Waals surface area contributed by atoms with Crippen molar-refractivity contribution in [2.75, 3.05) is 0 Å². The number of hydrogen-bond acceptors (Lipinski definition) is 4. The van der Waals surface area contributed by atoms with E-state index in [1.165, 1.54) is 13.0 Å². The first-order valence-corrected chi connectivity index (χ1v) is 6.85. The lowest BCUT2D eigenvalue weighted by Gasteiger charge is -2.16. The zero-order valence-corrected chi connectivity index (χ0v) is 11.9. The van der Waals surface area contributed by atoms with E-state index in [2.05, 4.69) is 0 Å². The first-order valence-electron chi connectivity index (χ1n) is 5.65. The minimum Gasteiger partial charge on any atom is -0.480 e. The predicted molar refractivity (Wildman–Crippen MR) is 76.4 cm³/mol. The number of rotatable bonds is 3. The van der Waals surface area contributed by atoms with Crippen LogP contribution in [0.2, 0.25) is 5.02 Å². The molecule has 0 aliphatic carbocycles. The molecule has 1 heterocycles. The first kappa shape index (κ1) is 14.6. The van der Waals surface area contributed by atoms with E-state index in [0.717, 1.165) is 16.7 Å². The van der Waals surface area contributed by atoms with Gasteiger partial charge in [0.1, 0.15) is 6.04 Å². The van der Waals surface area contributed by atoms with Crippen LogP contribution in [0.4, 0.5) is 4.79 Å². The largest absolute Gasteiger partial charge is 0.480 e. The van der Waals surface area contributed by atoms with Crippen LogP contribution in [0.3, 0.4) is 0 Å².